The number of anilines is 1. The molecular formula is C14H18N4O. The summed E-state index contributed by atoms with van der Waals surface area (Å²) in [6.07, 6.45) is 5.14. The lowest BCUT2D eigenvalue weighted by Crippen LogP contribution is -2.18. The maximum absolute atomic E-state index is 11.6. The number of rotatable bonds is 2. The molecule has 1 fully saturated rings. The average Bonchev–Trinajstić information content (AvgIpc) is 2.85. The first-order valence-electron chi connectivity index (χ1n) is 6.69. The molecule has 2 heterocycles. The first-order valence-corrected chi connectivity index (χ1v) is 6.69. The van der Waals surface area contributed by atoms with Crippen LogP contribution in [0.15, 0.2) is 18.3 Å². The van der Waals surface area contributed by atoms with Crippen molar-refractivity contribution in [2.45, 2.75) is 31.6 Å². The standard InChI is InChI=1S/C14H18N4O/c1-17(2)14-9-12(10-4-3-5-11(19)8-10)16-13-6-7-15-18(13)14/h6-7,9-10H,3-5,8H2,1-2H3. The fourth-order valence-electron chi connectivity index (χ4n) is 2.72. The fourth-order valence-corrected chi connectivity index (χ4v) is 2.72. The van der Waals surface area contributed by atoms with Gasteiger partial charge in [-0.15, -0.1) is 0 Å². The highest BCUT2D eigenvalue weighted by Crippen LogP contribution is 2.31. The predicted octanol–water partition coefficient (Wildman–Crippen LogP) is 2.02. The maximum atomic E-state index is 11.6. The minimum Gasteiger partial charge on any atom is -0.363 e. The van der Waals surface area contributed by atoms with Gasteiger partial charge in [0, 0.05) is 45.0 Å². The Balaban J connectivity index is 2.06. The van der Waals surface area contributed by atoms with Crippen molar-refractivity contribution >= 4 is 17.2 Å². The van der Waals surface area contributed by atoms with E-state index in [1.165, 1.54) is 0 Å². The Labute approximate surface area is 112 Å². The third kappa shape index (κ3) is 2.20. The smallest absolute Gasteiger partial charge is 0.157 e. The Hall–Kier alpha value is -1.91. The van der Waals surface area contributed by atoms with Crippen molar-refractivity contribution in [1.29, 1.82) is 0 Å². The van der Waals surface area contributed by atoms with Crippen molar-refractivity contribution in [2.24, 2.45) is 0 Å². The minimum absolute atomic E-state index is 0.264. The second kappa shape index (κ2) is 4.64. The molecule has 19 heavy (non-hydrogen) atoms. The Morgan fingerprint density at radius 3 is 3.00 bits per heavy atom. The van der Waals surface area contributed by atoms with E-state index in [0.29, 0.717) is 12.2 Å². The molecule has 1 atom stereocenters. The molecule has 0 amide bonds. The number of carbonyl (C=O) groups is 1. The number of Topliss-reactive ketones (excluding diaryl/α,β-unsaturated/α-hetero) is 1. The molecule has 0 bridgehead atoms. The lowest BCUT2D eigenvalue weighted by atomic mass is 9.86. The second-order valence-electron chi connectivity index (χ2n) is 5.37. The van der Waals surface area contributed by atoms with Gasteiger partial charge in [0.15, 0.2) is 5.65 Å². The predicted molar refractivity (Wildman–Crippen MR) is 73.5 cm³/mol. The van der Waals surface area contributed by atoms with Gasteiger partial charge in [0.2, 0.25) is 0 Å². The van der Waals surface area contributed by atoms with Gasteiger partial charge in [-0.25, -0.2) is 4.98 Å². The molecule has 2 aromatic heterocycles. The molecule has 5 nitrogen and oxygen atoms in total. The van der Waals surface area contributed by atoms with Gasteiger partial charge in [0.25, 0.3) is 0 Å². The number of nitrogens with zero attached hydrogens (tertiary/aromatic N) is 4. The number of fused-ring (bicyclic) bond motifs is 1. The summed E-state index contributed by atoms with van der Waals surface area (Å²) < 4.78 is 1.83. The van der Waals surface area contributed by atoms with Crippen LogP contribution in [0.3, 0.4) is 0 Å². The zero-order valence-electron chi connectivity index (χ0n) is 11.3. The van der Waals surface area contributed by atoms with E-state index in [0.717, 1.165) is 36.4 Å². The molecular weight excluding hydrogens is 240 g/mol. The SMILES string of the molecule is CN(C)c1cc(C2CCCC(=O)C2)nc2ccnn12. The van der Waals surface area contributed by atoms with Crippen LogP contribution in [0.25, 0.3) is 5.65 Å². The van der Waals surface area contributed by atoms with E-state index in [2.05, 4.69) is 16.1 Å². The number of ketones is 1. The first kappa shape index (κ1) is 12.1. The van der Waals surface area contributed by atoms with Gasteiger partial charge in [0.05, 0.1) is 11.9 Å². The summed E-state index contributed by atoms with van der Waals surface area (Å²) in [5, 5.41) is 4.29. The number of aromatic nitrogens is 3. The number of hydrogen-bond acceptors (Lipinski definition) is 4. The molecule has 0 aromatic carbocycles. The van der Waals surface area contributed by atoms with E-state index in [1.54, 1.807) is 6.20 Å². The zero-order chi connectivity index (χ0) is 13.4. The molecule has 0 radical (unpaired) electrons. The van der Waals surface area contributed by atoms with Gasteiger partial charge >= 0.3 is 0 Å². The van der Waals surface area contributed by atoms with Crippen LogP contribution in [0.2, 0.25) is 0 Å². The van der Waals surface area contributed by atoms with Gasteiger partial charge in [-0.3, -0.25) is 4.79 Å². The molecule has 3 rings (SSSR count). The number of hydrogen-bond donors (Lipinski definition) is 0. The van der Waals surface area contributed by atoms with Crippen molar-refractivity contribution in [3.8, 4) is 0 Å². The van der Waals surface area contributed by atoms with Crippen molar-refractivity contribution < 1.29 is 4.79 Å². The van der Waals surface area contributed by atoms with E-state index in [-0.39, 0.29) is 5.92 Å². The Morgan fingerprint density at radius 1 is 1.42 bits per heavy atom. The summed E-state index contributed by atoms with van der Waals surface area (Å²) in [5.74, 6) is 1.63. The van der Waals surface area contributed by atoms with Crippen LogP contribution in [0, 0.1) is 0 Å². The minimum atomic E-state index is 0.264. The van der Waals surface area contributed by atoms with Crippen molar-refractivity contribution in [3.05, 3.63) is 24.0 Å². The molecule has 1 aliphatic carbocycles. The maximum Gasteiger partial charge on any atom is 0.157 e. The van der Waals surface area contributed by atoms with E-state index in [9.17, 15) is 4.79 Å². The van der Waals surface area contributed by atoms with E-state index >= 15 is 0 Å². The highest BCUT2D eigenvalue weighted by atomic mass is 16.1. The van der Waals surface area contributed by atoms with Gasteiger partial charge in [0.1, 0.15) is 11.6 Å². The molecule has 1 aliphatic rings. The summed E-state index contributed by atoms with van der Waals surface area (Å²) in [7, 11) is 3.98. The topological polar surface area (TPSA) is 50.5 Å². The van der Waals surface area contributed by atoms with E-state index in [1.807, 2.05) is 29.6 Å². The Morgan fingerprint density at radius 2 is 2.26 bits per heavy atom. The van der Waals surface area contributed by atoms with Crippen molar-refractivity contribution in [1.82, 2.24) is 14.6 Å². The molecule has 2 aromatic rings. The highest BCUT2D eigenvalue weighted by Gasteiger charge is 2.23. The third-order valence-corrected chi connectivity index (χ3v) is 3.72. The lowest BCUT2D eigenvalue weighted by Gasteiger charge is -2.22. The van der Waals surface area contributed by atoms with Gasteiger partial charge in [-0.05, 0) is 12.8 Å². The fraction of sp³-hybridized carbons (Fsp3) is 0.500. The highest BCUT2D eigenvalue weighted by molar-refractivity contribution is 5.80. The number of carbonyl (C=O) groups excluding carboxylic acids is 1. The summed E-state index contributed by atoms with van der Waals surface area (Å²) in [4.78, 5) is 18.3. The molecule has 5 heteroatoms. The molecule has 0 saturated heterocycles. The molecule has 100 valence electrons. The quantitative estimate of drug-likeness (QED) is 0.827. The summed E-state index contributed by atoms with van der Waals surface area (Å²) in [6, 6.07) is 3.96. The van der Waals surface area contributed by atoms with Crippen LogP contribution >= 0.6 is 0 Å². The van der Waals surface area contributed by atoms with Gasteiger partial charge < -0.3 is 4.90 Å². The van der Waals surface area contributed by atoms with Gasteiger partial charge in [-0.2, -0.15) is 9.61 Å². The normalized spacial score (nSPS) is 19.9. The van der Waals surface area contributed by atoms with Crippen LogP contribution in [0.1, 0.15) is 37.3 Å². The first-order chi connectivity index (χ1) is 9.15. The molecule has 0 aliphatic heterocycles. The second-order valence-corrected chi connectivity index (χ2v) is 5.37. The molecule has 0 spiro atoms. The third-order valence-electron chi connectivity index (χ3n) is 3.72. The summed E-state index contributed by atoms with van der Waals surface area (Å²) in [6.45, 7) is 0. The molecule has 1 unspecified atom stereocenters. The van der Waals surface area contributed by atoms with E-state index in [4.69, 9.17) is 0 Å². The van der Waals surface area contributed by atoms with Crippen LogP contribution < -0.4 is 4.90 Å². The van der Waals surface area contributed by atoms with Crippen LogP contribution in [-0.4, -0.2) is 34.5 Å². The zero-order valence-corrected chi connectivity index (χ0v) is 11.3. The summed E-state index contributed by atoms with van der Waals surface area (Å²) in [5.41, 5.74) is 1.86. The van der Waals surface area contributed by atoms with Crippen molar-refractivity contribution in [3.63, 3.8) is 0 Å². The lowest BCUT2D eigenvalue weighted by molar-refractivity contribution is -0.120. The molecule has 0 N–H and O–H groups in total. The molecule has 1 saturated carbocycles. The van der Waals surface area contributed by atoms with Crippen molar-refractivity contribution in [2.75, 3.05) is 19.0 Å². The van der Waals surface area contributed by atoms with Crippen LogP contribution in [-0.2, 0) is 4.79 Å². The Bertz CT molecular complexity index is 617. The average molecular weight is 258 g/mol. The monoisotopic (exact) mass is 258 g/mol. The van der Waals surface area contributed by atoms with E-state index < -0.39 is 0 Å². The van der Waals surface area contributed by atoms with Gasteiger partial charge in [-0.1, -0.05) is 0 Å². The summed E-state index contributed by atoms with van der Waals surface area (Å²) >= 11 is 0. The Kier molecular flexibility index (Phi) is 2.97. The van der Waals surface area contributed by atoms with Crippen LogP contribution in [0.5, 0.6) is 0 Å². The van der Waals surface area contributed by atoms with Crippen LogP contribution in [0.4, 0.5) is 5.82 Å². The largest absolute Gasteiger partial charge is 0.363 e.